The lowest BCUT2D eigenvalue weighted by atomic mass is 10.3. The number of hydrogen-bond donors (Lipinski definition) is 1. The van der Waals surface area contributed by atoms with Crippen LogP contribution in [0.2, 0.25) is 0 Å². The smallest absolute Gasteiger partial charge is 0.277 e. The van der Waals surface area contributed by atoms with Crippen LogP contribution < -0.4 is 5.32 Å². The van der Waals surface area contributed by atoms with E-state index < -0.39 is 0 Å². The Morgan fingerprint density at radius 1 is 1.20 bits per heavy atom. The fourth-order valence-electron chi connectivity index (χ4n) is 2.45. The van der Waals surface area contributed by atoms with Crippen molar-refractivity contribution in [2.24, 2.45) is 0 Å². The van der Waals surface area contributed by atoms with Gasteiger partial charge in [0.1, 0.15) is 5.52 Å². The molecule has 0 fully saturated rings. The molecular formula is C18H15N5O2. The number of fused-ring (bicyclic) bond motifs is 1. The molecule has 2 aromatic heterocycles. The van der Waals surface area contributed by atoms with Crippen LogP contribution in [0.25, 0.3) is 16.8 Å². The summed E-state index contributed by atoms with van der Waals surface area (Å²) in [5.74, 6) is 0.338. The Bertz CT molecular complexity index is 1040. The molecule has 0 bridgehead atoms. The number of benzene rings is 2. The third kappa shape index (κ3) is 2.99. The molecule has 2 heterocycles. The molecule has 0 aliphatic rings. The van der Waals surface area contributed by atoms with E-state index in [2.05, 4.69) is 20.5 Å². The summed E-state index contributed by atoms with van der Waals surface area (Å²) in [5, 5.41) is 11.2. The second kappa shape index (κ2) is 6.20. The summed E-state index contributed by atoms with van der Waals surface area (Å²) in [6.45, 7) is 1.98. The van der Waals surface area contributed by atoms with Crippen LogP contribution in [-0.2, 0) is 6.42 Å². The lowest BCUT2D eigenvalue weighted by molar-refractivity contribution is 0.102. The maximum absolute atomic E-state index is 12.4. The number of hydrogen-bond acceptors (Lipinski definition) is 5. The van der Waals surface area contributed by atoms with Gasteiger partial charge in [0.25, 0.3) is 5.91 Å². The van der Waals surface area contributed by atoms with Crippen LogP contribution >= 0.6 is 0 Å². The minimum atomic E-state index is -0.333. The Labute approximate surface area is 143 Å². The van der Waals surface area contributed by atoms with Crippen molar-refractivity contribution in [3.8, 4) is 5.69 Å². The van der Waals surface area contributed by atoms with Gasteiger partial charge in [-0.3, -0.25) is 4.79 Å². The molecule has 0 unspecified atom stereocenters. The Morgan fingerprint density at radius 3 is 2.84 bits per heavy atom. The lowest BCUT2D eigenvalue weighted by Gasteiger charge is -2.02. The highest BCUT2D eigenvalue weighted by atomic mass is 16.3. The summed E-state index contributed by atoms with van der Waals surface area (Å²) in [4.78, 5) is 18.2. The number of carbonyl (C=O) groups excluding carboxylic acids is 1. The zero-order valence-electron chi connectivity index (χ0n) is 13.5. The second-order valence-electron chi connectivity index (χ2n) is 5.45. The van der Waals surface area contributed by atoms with Gasteiger partial charge in [0.15, 0.2) is 17.2 Å². The number of carbonyl (C=O) groups is 1. The van der Waals surface area contributed by atoms with Crippen molar-refractivity contribution < 1.29 is 9.21 Å². The summed E-state index contributed by atoms with van der Waals surface area (Å²) in [6, 6.07) is 14.7. The van der Waals surface area contributed by atoms with E-state index in [1.54, 1.807) is 18.2 Å². The number of para-hydroxylation sites is 1. The number of anilines is 1. The van der Waals surface area contributed by atoms with Gasteiger partial charge in [-0.1, -0.05) is 25.1 Å². The fourth-order valence-corrected chi connectivity index (χ4v) is 2.45. The summed E-state index contributed by atoms with van der Waals surface area (Å²) in [6.07, 6.45) is 2.16. The minimum Gasteiger partial charge on any atom is -0.441 e. The van der Waals surface area contributed by atoms with Crippen LogP contribution in [0, 0.1) is 0 Å². The highest BCUT2D eigenvalue weighted by Gasteiger charge is 2.13. The number of nitrogens with zero attached hydrogens (tertiary/aromatic N) is 4. The monoisotopic (exact) mass is 333 g/mol. The molecular weight excluding hydrogens is 318 g/mol. The largest absolute Gasteiger partial charge is 0.441 e. The molecule has 7 heteroatoms. The zero-order chi connectivity index (χ0) is 17.2. The van der Waals surface area contributed by atoms with Crippen molar-refractivity contribution in [2.45, 2.75) is 13.3 Å². The highest BCUT2D eigenvalue weighted by Crippen LogP contribution is 2.20. The number of amides is 1. The van der Waals surface area contributed by atoms with Gasteiger partial charge in [-0.05, 0) is 30.3 Å². The van der Waals surface area contributed by atoms with Crippen LogP contribution in [-0.4, -0.2) is 25.9 Å². The van der Waals surface area contributed by atoms with E-state index in [-0.39, 0.29) is 11.6 Å². The predicted octanol–water partition coefficient (Wildman–Crippen LogP) is 3.22. The SMILES string of the molecule is CCc1nc2cc(NC(=O)c3cnn(-c4ccccc4)n3)ccc2o1. The number of aromatic nitrogens is 4. The molecule has 0 saturated carbocycles. The molecule has 0 atom stereocenters. The van der Waals surface area contributed by atoms with Gasteiger partial charge in [-0.2, -0.15) is 9.90 Å². The van der Waals surface area contributed by atoms with Gasteiger partial charge in [-0.25, -0.2) is 4.98 Å². The third-order valence-corrected chi connectivity index (χ3v) is 3.70. The van der Waals surface area contributed by atoms with Gasteiger partial charge in [-0.15, -0.1) is 5.10 Å². The van der Waals surface area contributed by atoms with Crippen molar-refractivity contribution in [2.75, 3.05) is 5.32 Å². The molecule has 0 aliphatic heterocycles. The Hall–Kier alpha value is -3.48. The normalized spacial score (nSPS) is 10.9. The number of oxazole rings is 1. The van der Waals surface area contributed by atoms with E-state index in [0.717, 1.165) is 12.1 Å². The number of rotatable bonds is 4. The van der Waals surface area contributed by atoms with Crippen molar-refractivity contribution in [1.82, 2.24) is 20.0 Å². The maximum Gasteiger partial charge on any atom is 0.277 e. The maximum atomic E-state index is 12.4. The van der Waals surface area contributed by atoms with Crippen molar-refractivity contribution in [1.29, 1.82) is 0 Å². The quantitative estimate of drug-likeness (QED) is 0.620. The average molecular weight is 333 g/mol. The van der Waals surface area contributed by atoms with Gasteiger partial charge < -0.3 is 9.73 Å². The van der Waals surface area contributed by atoms with E-state index >= 15 is 0 Å². The number of aryl methyl sites for hydroxylation is 1. The summed E-state index contributed by atoms with van der Waals surface area (Å²) >= 11 is 0. The third-order valence-electron chi connectivity index (χ3n) is 3.70. The lowest BCUT2D eigenvalue weighted by Crippen LogP contribution is -2.13. The van der Waals surface area contributed by atoms with Crippen molar-refractivity contribution >= 4 is 22.7 Å². The summed E-state index contributed by atoms with van der Waals surface area (Å²) < 4.78 is 5.56. The Morgan fingerprint density at radius 2 is 2.04 bits per heavy atom. The Balaban J connectivity index is 1.55. The van der Waals surface area contributed by atoms with Crippen LogP contribution in [0.4, 0.5) is 5.69 Å². The molecule has 0 saturated heterocycles. The van der Waals surface area contributed by atoms with Crippen LogP contribution in [0.1, 0.15) is 23.3 Å². The molecule has 1 N–H and O–H groups in total. The fraction of sp³-hybridized carbons (Fsp3) is 0.111. The topological polar surface area (TPSA) is 85.8 Å². The molecule has 4 aromatic rings. The Kier molecular flexibility index (Phi) is 3.74. The van der Waals surface area contributed by atoms with E-state index in [1.807, 2.05) is 37.3 Å². The number of nitrogens with one attached hydrogen (secondary N) is 1. The molecule has 4 rings (SSSR count). The first kappa shape index (κ1) is 15.1. The highest BCUT2D eigenvalue weighted by molar-refractivity contribution is 6.03. The van der Waals surface area contributed by atoms with Gasteiger partial charge in [0, 0.05) is 12.1 Å². The molecule has 7 nitrogen and oxygen atoms in total. The summed E-state index contributed by atoms with van der Waals surface area (Å²) in [7, 11) is 0. The van der Waals surface area contributed by atoms with Gasteiger partial charge in [0.2, 0.25) is 0 Å². The van der Waals surface area contributed by atoms with E-state index in [1.165, 1.54) is 11.0 Å². The van der Waals surface area contributed by atoms with Crippen molar-refractivity contribution in [3.05, 3.63) is 66.3 Å². The first-order valence-corrected chi connectivity index (χ1v) is 7.91. The molecule has 0 radical (unpaired) electrons. The molecule has 0 aliphatic carbocycles. The van der Waals surface area contributed by atoms with Crippen LogP contribution in [0.3, 0.4) is 0 Å². The second-order valence-corrected chi connectivity index (χ2v) is 5.45. The minimum absolute atomic E-state index is 0.235. The standard InChI is InChI=1S/C18H15N5O2/c1-2-17-21-14-10-12(8-9-16(14)25-17)20-18(24)15-11-19-23(22-15)13-6-4-3-5-7-13/h3-11H,2H2,1H3,(H,20,24). The van der Waals surface area contributed by atoms with E-state index in [9.17, 15) is 4.79 Å². The molecule has 2 aromatic carbocycles. The van der Waals surface area contributed by atoms with Crippen LogP contribution in [0.15, 0.2) is 59.1 Å². The first-order chi connectivity index (χ1) is 12.2. The molecule has 124 valence electrons. The predicted molar refractivity (Wildman–Crippen MR) is 92.7 cm³/mol. The van der Waals surface area contributed by atoms with Gasteiger partial charge in [0.05, 0.1) is 11.9 Å². The van der Waals surface area contributed by atoms with E-state index in [0.29, 0.717) is 22.7 Å². The van der Waals surface area contributed by atoms with Gasteiger partial charge >= 0.3 is 0 Å². The summed E-state index contributed by atoms with van der Waals surface area (Å²) in [5.41, 5.74) is 3.06. The first-order valence-electron chi connectivity index (χ1n) is 7.91. The molecule has 25 heavy (non-hydrogen) atoms. The molecule has 1 amide bonds. The zero-order valence-corrected chi connectivity index (χ0v) is 13.5. The van der Waals surface area contributed by atoms with Crippen molar-refractivity contribution in [3.63, 3.8) is 0 Å². The molecule has 0 spiro atoms. The average Bonchev–Trinajstić information content (AvgIpc) is 3.29. The van der Waals surface area contributed by atoms with Crippen LogP contribution in [0.5, 0.6) is 0 Å². The van der Waals surface area contributed by atoms with E-state index in [4.69, 9.17) is 4.42 Å².